The van der Waals surface area contributed by atoms with Crippen molar-refractivity contribution in [2.24, 2.45) is 5.92 Å². The van der Waals surface area contributed by atoms with Crippen molar-refractivity contribution in [2.75, 3.05) is 5.32 Å². The summed E-state index contributed by atoms with van der Waals surface area (Å²) in [5.74, 6) is 0.611. The summed E-state index contributed by atoms with van der Waals surface area (Å²) >= 11 is 0. The minimum absolute atomic E-state index is 0.221. The Bertz CT molecular complexity index is 641. The first-order chi connectivity index (χ1) is 10.3. The van der Waals surface area contributed by atoms with E-state index in [1.165, 1.54) is 32.1 Å². The predicted molar refractivity (Wildman–Crippen MR) is 84.0 cm³/mol. The Kier molecular flexibility index (Phi) is 4.19. The normalized spacial score (nSPS) is 16.4. The Morgan fingerprint density at radius 3 is 3.00 bits per heavy atom. The van der Waals surface area contributed by atoms with Crippen molar-refractivity contribution >= 4 is 22.6 Å². The molecule has 1 fully saturated rings. The molecule has 1 aromatic heterocycles. The summed E-state index contributed by atoms with van der Waals surface area (Å²) in [6, 6.07) is 5.43. The van der Waals surface area contributed by atoms with Gasteiger partial charge in [0.05, 0.1) is 11.7 Å². The van der Waals surface area contributed by atoms with Crippen LogP contribution in [0.1, 0.15) is 32.1 Å². The molecule has 110 valence electrons. The molecule has 1 aliphatic carbocycles. The highest BCUT2D eigenvalue weighted by molar-refractivity contribution is 5.92. The minimum Gasteiger partial charge on any atom is -0.315 e. The van der Waals surface area contributed by atoms with Gasteiger partial charge >= 0.3 is 6.03 Å². The molecule has 0 radical (unpaired) electrons. The van der Waals surface area contributed by atoms with Crippen molar-refractivity contribution in [3.05, 3.63) is 36.7 Å². The number of nitrogens with one attached hydrogen (secondary N) is 3. The van der Waals surface area contributed by atoms with E-state index in [0.717, 1.165) is 16.6 Å². The third-order valence-electron chi connectivity index (χ3n) is 3.93. The monoisotopic (exact) mass is 284 g/mol. The molecule has 0 spiro atoms. The maximum absolute atomic E-state index is 11.8. The van der Waals surface area contributed by atoms with E-state index in [0.29, 0.717) is 5.92 Å². The Hall–Kier alpha value is -2.30. The number of H-pyrrole nitrogens is 1. The number of amides is 2. The number of fused-ring (bicyclic) bond motifs is 1. The van der Waals surface area contributed by atoms with Crippen LogP contribution in [0.3, 0.4) is 0 Å². The molecule has 5 nitrogen and oxygen atoms in total. The van der Waals surface area contributed by atoms with E-state index in [2.05, 4.69) is 26.9 Å². The number of hydrogen-bond donors (Lipinski definition) is 3. The van der Waals surface area contributed by atoms with Crippen LogP contribution in [0, 0.1) is 5.92 Å². The number of carbonyl (C=O) groups excluding carboxylic acids is 1. The lowest BCUT2D eigenvalue weighted by atomic mass is 9.89. The number of rotatable bonds is 3. The van der Waals surface area contributed by atoms with Crippen molar-refractivity contribution in [3.63, 3.8) is 0 Å². The molecular formula is C16H20N4O. The Morgan fingerprint density at radius 2 is 2.14 bits per heavy atom. The number of aromatic nitrogens is 2. The summed E-state index contributed by atoms with van der Waals surface area (Å²) in [7, 11) is 0. The van der Waals surface area contributed by atoms with Crippen LogP contribution >= 0.6 is 0 Å². The van der Waals surface area contributed by atoms with Gasteiger partial charge in [0.15, 0.2) is 0 Å². The smallest absolute Gasteiger partial charge is 0.315 e. The molecule has 0 unspecified atom stereocenters. The van der Waals surface area contributed by atoms with Crippen LogP contribution in [0.2, 0.25) is 0 Å². The molecule has 0 bridgehead atoms. The number of benzene rings is 1. The van der Waals surface area contributed by atoms with Gasteiger partial charge in [-0.15, -0.1) is 0 Å². The lowest BCUT2D eigenvalue weighted by molar-refractivity contribution is 0.255. The Morgan fingerprint density at radius 1 is 1.29 bits per heavy atom. The molecule has 0 atom stereocenters. The second-order valence-corrected chi connectivity index (χ2v) is 5.53. The van der Waals surface area contributed by atoms with Crippen LogP contribution in [0.4, 0.5) is 10.5 Å². The first kappa shape index (κ1) is 13.7. The molecule has 21 heavy (non-hydrogen) atoms. The molecule has 1 heterocycles. The fourth-order valence-corrected chi connectivity index (χ4v) is 2.77. The number of urea groups is 1. The van der Waals surface area contributed by atoms with Crippen LogP contribution in [0.15, 0.2) is 36.7 Å². The molecule has 1 aliphatic rings. The molecule has 5 heteroatoms. The highest BCUT2D eigenvalue weighted by Gasteiger charge is 2.09. The first-order valence-electron chi connectivity index (χ1n) is 7.48. The van der Waals surface area contributed by atoms with E-state index in [9.17, 15) is 4.79 Å². The SMILES string of the molecule is O=C(N/C=C/C1CCCCC1)Nc1ccc2cn[nH]c2c1. The quantitative estimate of drug-likeness (QED) is 0.802. The zero-order chi connectivity index (χ0) is 14.5. The topological polar surface area (TPSA) is 69.8 Å². The zero-order valence-electron chi connectivity index (χ0n) is 11.9. The summed E-state index contributed by atoms with van der Waals surface area (Å²) in [4.78, 5) is 11.8. The highest BCUT2D eigenvalue weighted by atomic mass is 16.2. The van der Waals surface area contributed by atoms with Crippen molar-refractivity contribution in [2.45, 2.75) is 32.1 Å². The maximum atomic E-state index is 11.8. The third-order valence-corrected chi connectivity index (χ3v) is 3.93. The molecule has 0 saturated heterocycles. The standard InChI is InChI=1S/C16H20N4O/c21-16(17-9-8-12-4-2-1-3-5-12)19-14-7-6-13-11-18-20-15(13)10-14/h6-12H,1-5H2,(H,18,20)(H2,17,19,21)/b9-8+. The number of anilines is 1. The van der Waals surface area contributed by atoms with Gasteiger partial charge in [-0.3, -0.25) is 5.10 Å². The fourth-order valence-electron chi connectivity index (χ4n) is 2.77. The van der Waals surface area contributed by atoms with Crippen molar-refractivity contribution in [3.8, 4) is 0 Å². The van der Waals surface area contributed by atoms with E-state index >= 15 is 0 Å². The van der Waals surface area contributed by atoms with Gasteiger partial charge in [0.1, 0.15) is 0 Å². The van der Waals surface area contributed by atoms with Crippen LogP contribution in [-0.4, -0.2) is 16.2 Å². The summed E-state index contributed by atoms with van der Waals surface area (Å²) in [5, 5.41) is 13.4. The summed E-state index contributed by atoms with van der Waals surface area (Å²) in [6.07, 6.45) is 12.0. The summed E-state index contributed by atoms with van der Waals surface area (Å²) in [6.45, 7) is 0. The summed E-state index contributed by atoms with van der Waals surface area (Å²) in [5.41, 5.74) is 1.65. The second kappa shape index (κ2) is 6.43. The van der Waals surface area contributed by atoms with Crippen LogP contribution in [0.25, 0.3) is 10.9 Å². The van der Waals surface area contributed by atoms with E-state index in [-0.39, 0.29) is 6.03 Å². The minimum atomic E-state index is -0.221. The van der Waals surface area contributed by atoms with Gasteiger partial charge < -0.3 is 10.6 Å². The molecule has 1 aromatic carbocycles. The highest BCUT2D eigenvalue weighted by Crippen LogP contribution is 2.24. The molecule has 3 N–H and O–H groups in total. The van der Waals surface area contributed by atoms with Crippen LogP contribution < -0.4 is 10.6 Å². The van der Waals surface area contributed by atoms with Crippen molar-refractivity contribution < 1.29 is 4.79 Å². The Labute approximate surface area is 123 Å². The molecule has 0 aliphatic heterocycles. The Balaban J connectivity index is 1.52. The number of carbonyl (C=O) groups is 1. The second-order valence-electron chi connectivity index (χ2n) is 5.53. The van der Waals surface area contributed by atoms with Crippen molar-refractivity contribution in [1.82, 2.24) is 15.5 Å². The largest absolute Gasteiger partial charge is 0.323 e. The van der Waals surface area contributed by atoms with E-state index in [1.807, 2.05) is 18.2 Å². The third kappa shape index (κ3) is 3.62. The molecule has 1 saturated carbocycles. The number of aromatic amines is 1. The number of nitrogens with zero attached hydrogens (tertiary/aromatic N) is 1. The molecule has 2 amide bonds. The van der Waals surface area contributed by atoms with Gasteiger partial charge in [-0.25, -0.2) is 4.79 Å². The van der Waals surface area contributed by atoms with Crippen molar-refractivity contribution in [1.29, 1.82) is 0 Å². The van der Waals surface area contributed by atoms with Gasteiger partial charge in [0.2, 0.25) is 0 Å². The average Bonchev–Trinajstić information content (AvgIpc) is 2.96. The number of allylic oxidation sites excluding steroid dienone is 1. The predicted octanol–water partition coefficient (Wildman–Crippen LogP) is 3.78. The molecular weight excluding hydrogens is 264 g/mol. The van der Waals surface area contributed by atoms with Gasteiger partial charge in [0.25, 0.3) is 0 Å². The first-order valence-corrected chi connectivity index (χ1v) is 7.48. The van der Waals surface area contributed by atoms with Gasteiger partial charge in [-0.2, -0.15) is 5.10 Å². The lowest BCUT2D eigenvalue weighted by Gasteiger charge is -2.17. The van der Waals surface area contributed by atoms with Gasteiger partial charge in [-0.05, 0) is 37.0 Å². The zero-order valence-corrected chi connectivity index (χ0v) is 11.9. The van der Waals surface area contributed by atoms with E-state index < -0.39 is 0 Å². The van der Waals surface area contributed by atoms with Crippen LogP contribution in [0.5, 0.6) is 0 Å². The lowest BCUT2D eigenvalue weighted by Crippen LogP contribution is -2.24. The number of hydrogen-bond acceptors (Lipinski definition) is 2. The van der Waals surface area contributed by atoms with Crippen LogP contribution in [-0.2, 0) is 0 Å². The average molecular weight is 284 g/mol. The van der Waals surface area contributed by atoms with Gasteiger partial charge in [0, 0.05) is 17.3 Å². The summed E-state index contributed by atoms with van der Waals surface area (Å²) < 4.78 is 0. The van der Waals surface area contributed by atoms with Gasteiger partial charge in [-0.1, -0.05) is 25.3 Å². The molecule has 2 aromatic rings. The van der Waals surface area contributed by atoms with E-state index in [1.54, 1.807) is 12.4 Å². The molecule has 3 rings (SSSR count). The maximum Gasteiger partial charge on any atom is 0.323 e. The van der Waals surface area contributed by atoms with E-state index in [4.69, 9.17) is 0 Å². The fraction of sp³-hybridized carbons (Fsp3) is 0.375.